The summed E-state index contributed by atoms with van der Waals surface area (Å²) in [6.07, 6.45) is 0.879. The molecule has 0 aliphatic carbocycles. The number of aliphatic hydroxyl groups excluding tert-OH is 1. The number of benzene rings is 1. The van der Waals surface area contributed by atoms with Gasteiger partial charge in [-0.3, -0.25) is 0 Å². The van der Waals surface area contributed by atoms with Crippen molar-refractivity contribution < 1.29 is 14.6 Å². The van der Waals surface area contributed by atoms with Crippen LogP contribution in [0.2, 0.25) is 0 Å². The maximum absolute atomic E-state index is 9.20. The predicted octanol–water partition coefficient (Wildman–Crippen LogP) is 2.53. The second kappa shape index (κ2) is 6.18. The molecule has 0 radical (unpaired) electrons. The summed E-state index contributed by atoms with van der Waals surface area (Å²) in [5.41, 5.74) is 1.73. The van der Waals surface area contributed by atoms with Gasteiger partial charge in [0.05, 0.1) is 13.7 Å². The Labute approximate surface area is 96.3 Å². The lowest BCUT2D eigenvalue weighted by atomic mass is 10.2. The van der Waals surface area contributed by atoms with Crippen molar-refractivity contribution in [3.8, 4) is 11.5 Å². The summed E-state index contributed by atoms with van der Waals surface area (Å²) in [7, 11) is 1.58. The minimum Gasteiger partial charge on any atom is -0.493 e. The van der Waals surface area contributed by atoms with Gasteiger partial charge in [-0.05, 0) is 18.1 Å². The Morgan fingerprint density at radius 2 is 2.19 bits per heavy atom. The average molecular weight is 222 g/mol. The van der Waals surface area contributed by atoms with E-state index in [1.807, 2.05) is 25.1 Å². The molecule has 0 aliphatic heterocycles. The molecule has 1 rings (SSSR count). The standard InChI is InChI=1S/C13H18O3/c1-4-10(2)9-16-13-11(8-14)6-5-7-12(13)15-3/h5-7,14H,2,4,8-9H2,1,3H3. The zero-order chi connectivity index (χ0) is 12.0. The van der Waals surface area contributed by atoms with Crippen LogP contribution in [0.3, 0.4) is 0 Å². The molecule has 0 aliphatic rings. The third-order valence-corrected chi connectivity index (χ3v) is 2.37. The van der Waals surface area contributed by atoms with Crippen molar-refractivity contribution in [1.82, 2.24) is 0 Å². The van der Waals surface area contributed by atoms with E-state index < -0.39 is 0 Å². The van der Waals surface area contributed by atoms with Gasteiger partial charge in [0.15, 0.2) is 11.5 Å². The first-order valence-electron chi connectivity index (χ1n) is 5.29. The molecule has 0 saturated heterocycles. The van der Waals surface area contributed by atoms with Crippen LogP contribution in [-0.2, 0) is 6.61 Å². The Kier molecular flexibility index (Phi) is 4.86. The zero-order valence-electron chi connectivity index (χ0n) is 9.82. The maximum atomic E-state index is 9.20. The lowest BCUT2D eigenvalue weighted by Gasteiger charge is -2.14. The first-order valence-corrected chi connectivity index (χ1v) is 5.29. The summed E-state index contributed by atoms with van der Waals surface area (Å²) in [4.78, 5) is 0. The number of hydrogen-bond donors (Lipinski definition) is 1. The Balaban J connectivity index is 2.86. The molecular weight excluding hydrogens is 204 g/mol. The first kappa shape index (κ1) is 12.6. The smallest absolute Gasteiger partial charge is 0.167 e. The van der Waals surface area contributed by atoms with E-state index in [2.05, 4.69) is 6.58 Å². The fourth-order valence-electron chi connectivity index (χ4n) is 1.29. The van der Waals surface area contributed by atoms with E-state index in [4.69, 9.17) is 9.47 Å². The van der Waals surface area contributed by atoms with Crippen molar-refractivity contribution in [3.05, 3.63) is 35.9 Å². The molecule has 0 amide bonds. The lowest BCUT2D eigenvalue weighted by Crippen LogP contribution is -2.04. The second-order valence-electron chi connectivity index (χ2n) is 3.50. The minimum atomic E-state index is -0.0644. The van der Waals surface area contributed by atoms with E-state index >= 15 is 0 Å². The molecule has 3 heteroatoms. The summed E-state index contributed by atoms with van der Waals surface area (Å²) >= 11 is 0. The van der Waals surface area contributed by atoms with Gasteiger partial charge in [0.1, 0.15) is 6.61 Å². The molecule has 0 aromatic heterocycles. The van der Waals surface area contributed by atoms with Gasteiger partial charge < -0.3 is 14.6 Å². The first-order chi connectivity index (χ1) is 7.72. The van der Waals surface area contributed by atoms with Crippen molar-refractivity contribution in [2.45, 2.75) is 20.0 Å². The van der Waals surface area contributed by atoms with E-state index in [9.17, 15) is 5.11 Å². The molecule has 0 unspecified atom stereocenters. The van der Waals surface area contributed by atoms with Gasteiger partial charge in [0.2, 0.25) is 0 Å². The van der Waals surface area contributed by atoms with Crippen molar-refractivity contribution >= 4 is 0 Å². The SMILES string of the molecule is C=C(CC)COc1c(CO)cccc1OC. The molecule has 1 aromatic rings. The van der Waals surface area contributed by atoms with Crippen LogP contribution in [0.25, 0.3) is 0 Å². The molecule has 1 aromatic carbocycles. The van der Waals surface area contributed by atoms with Gasteiger partial charge in [-0.2, -0.15) is 0 Å². The number of para-hydroxylation sites is 1. The maximum Gasteiger partial charge on any atom is 0.167 e. The molecule has 0 atom stereocenters. The molecule has 0 bridgehead atoms. The molecule has 16 heavy (non-hydrogen) atoms. The van der Waals surface area contributed by atoms with Crippen LogP contribution >= 0.6 is 0 Å². The lowest BCUT2D eigenvalue weighted by molar-refractivity contribution is 0.262. The van der Waals surface area contributed by atoms with E-state index in [1.165, 1.54) is 0 Å². The molecule has 88 valence electrons. The number of hydrogen-bond acceptors (Lipinski definition) is 3. The van der Waals surface area contributed by atoms with Crippen LogP contribution < -0.4 is 9.47 Å². The quantitative estimate of drug-likeness (QED) is 0.752. The number of rotatable bonds is 6. The van der Waals surface area contributed by atoms with Crippen LogP contribution in [-0.4, -0.2) is 18.8 Å². The summed E-state index contributed by atoms with van der Waals surface area (Å²) < 4.78 is 10.8. The van der Waals surface area contributed by atoms with Gasteiger partial charge in [-0.1, -0.05) is 25.6 Å². The Morgan fingerprint density at radius 3 is 2.75 bits per heavy atom. The molecule has 0 heterocycles. The van der Waals surface area contributed by atoms with Crippen molar-refractivity contribution in [2.24, 2.45) is 0 Å². The average Bonchev–Trinajstić information content (AvgIpc) is 2.35. The van der Waals surface area contributed by atoms with Crippen LogP contribution in [0.4, 0.5) is 0 Å². The van der Waals surface area contributed by atoms with E-state index in [1.54, 1.807) is 7.11 Å². The largest absolute Gasteiger partial charge is 0.493 e. The van der Waals surface area contributed by atoms with Gasteiger partial charge in [-0.15, -0.1) is 0 Å². The topological polar surface area (TPSA) is 38.7 Å². The highest BCUT2D eigenvalue weighted by Gasteiger charge is 2.09. The molecule has 0 saturated carbocycles. The summed E-state index contributed by atoms with van der Waals surface area (Å²) in [5, 5.41) is 9.20. The molecular formula is C13H18O3. The molecule has 1 N–H and O–H groups in total. The van der Waals surface area contributed by atoms with Crippen molar-refractivity contribution in [1.29, 1.82) is 0 Å². The van der Waals surface area contributed by atoms with Crippen molar-refractivity contribution in [2.75, 3.05) is 13.7 Å². The summed E-state index contributed by atoms with van der Waals surface area (Å²) in [6.45, 7) is 6.28. The zero-order valence-corrected chi connectivity index (χ0v) is 9.82. The van der Waals surface area contributed by atoms with Gasteiger partial charge in [0.25, 0.3) is 0 Å². The van der Waals surface area contributed by atoms with Crippen molar-refractivity contribution in [3.63, 3.8) is 0 Å². The molecule has 0 spiro atoms. The minimum absolute atomic E-state index is 0.0644. The number of aliphatic hydroxyl groups is 1. The Morgan fingerprint density at radius 1 is 1.44 bits per heavy atom. The van der Waals surface area contributed by atoms with Gasteiger partial charge >= 0.3 is 0 Å². The molecule has 3 nitrogen and oxygen atoms in total. The Bertz CT molecular complexity index is 336. The fourth-order valence-corrected chi connectivity index (χ4v) is 1.29. The van der Waals surface area contributed by atoms with Crippen LogP contribution in [0.5, 0.6) is 11.5 Å². The summed E-state index contributed by atoms with van der Waals surface area (Å²) in [6, 6.07) is 5.45. The van der Waals surface area contributed by atoms with Gasteiger partial charge in [0, 0.05) is 5.56 Å². The number of ether oxygens (including phenoxy) is 2. The highest BCUT2D eigenvalue weighted by atomic mass is 16.5. The van der Waals surface area contributed by atoms with Crippen LogP contribution in [0.1, 0.15) is 18.9 Å². The van der Waals surface area contributed by atoms with Crippen LogP contribution in [0, 0.1) is 0 Å². The molecule has 0 fully saturated rings. The summed E-state index contributed by atoms with van der Waals surface area (Å²) in [5.74, 6) is 1.23. The normalized spacial score (nSPS) is 9.94. The monoisotopic (exact) mass is 222 g/mol. The number of methoxy groups -OCH3 is 1. The van der Waals surface area contributed by atoms with E-state index in [0.29, 0.717) is 18.1 Å². The highest BCUT2D eigenvalue weighted by molar-refractivity contribution is 5.46. The van der Waals surface area contributed by atoms with Gasteiger partial charge in [-0.25, -0.2) is 0 Å². The van der Waals surface area contributed by atoms with E-state index in [-0.39, 0.29) is 6.61 Å². The van der Waals surface area contributed by atoms with Crippen LogP contribution in [0.15, 0.2) is 30.4 Å². The highest BCUT2D eigenvalue weighted by Crippen LogP contribution is 2.31. The predicted molar refractivity (Wildman–Crippen MR) is 63.8 cm³/mol. The van der Waals surface area contributed by atoms with E-state index in [0.717, 1.165) is 17.6 Å². The fraction of sp³-hybridized carbons (Fsp3) is 0.385. The third-order valence-electron chi connectivity index (χ3n) is 2.37. The second-order valence-corrected chi connectivity index (χ2v) is 3.50. The Hall–Kier alpha value is -1.48. The third kappa shape index (κ3) is 3.00.